The maximum absolute atomic E-state index is 13.4. The topological polar surface area (TPSA) is 87.5 Å². The number of hydrogen-bond donors (Lipinski definition) is 3. The second kappa shape index (κ2) is 12.0. The molecule has 6 heteroatoms. The number of fused-ring (bicyclic) bond motifs is 1. The van der Waals surface area contributed by atoms with Gasteiger partial charge in [-0.2, -0.15) is 0 Å². The highest BCUT2D eigenvalue weighted by molar-refractivity contribution is 5.98. The normalized spacial score (nSPS) is 19.4. The molecule has 1 saturated heterocycles. The molecule has 0 unspecified atom stereocenters. The molecule has 0 aromatic heterocycles. The van der Waals surface area contributed by atoms with E-state index in [4.69, 9.17) is 5.73 Å². The molecule has 0 aliphatic carbocycles. The van der Waals surface area contributed by atoms with E-state index in [0.717, 1.165) is 23.6 Å². The first-order valence-corrected chi connectivity index (χ1v) is 12.6. The van der Waals surface area contributed by atoms with Gasteiger partial charge in [-0.1, -0.05) is 67.6 Å². The van der Waals surface area contributed by atoms with E-state index in [2.05, 4.69) is 29.7 Å². The molecule has 3 aromatic carbocycles. The standard InChI is InChI=1S/C29H36N4O2/c1-21(22-8-3-2-4-9-22)20-33-17-15-26(32-27(29(33)35)12-7-16-30)19-31-28(34)25-14-13-23-10-5-6-11-24(23)18-25/h2-6,8-11,13-14,18,21,26-27,32H,7,12,15-17,19-20,30H2,1H3,(H,31,34)/t21-,26+,27+/m1/s1. The Hall–Kier alpha value is -3.22. The van der Waals surface area contributed by atoms with Crippen LogP contribution in [0.1, 0.15) is 48.0 Å². The summed E-state index contributed by atoms with van der Waals surface area (Å²) in [5, 5.41) is 8.75. The van der Waals surface area contributed by atoms with E-state index in [9.17, 15) is 9.59 Å². The summed E-state index contributed by atoms with van der Waals surface area (Å²) in [7, 11) is 0. The highest BCUT2D eigenvalue weighted by Crippen LogP contribution is 2.20. The lowest BCUT2D eigenvalue weighted by atomic mass is 10.00. The van der Waals surface area contributed by atoms with Gasteiger partial charge < -0.3 is 21.3 Å². The van der Waals surface area contributed by atoms with Gasteiger partial charge in [-0.25, -0.2) is 0 Å². The first kappa shape index (κ1) is 24.9. The number of carbonyl (C=O) groups excluding carboxylic acids is 2. The van der Waals surface area contributed by atoms with Crippen molar-refractivity contribution in [1.29, 1.82) is 0 Å². The van der Waals surface area contributed by atoms with Gasteiger partial charge in [-0.3, -0.25) is 9.59 Å². The summed E-state index contributed by atoms with van der Waals surface area (Å²) in [5.74, 6) is 0.283. The molecule has 6 nitrogen and oxygen atoms in total. The van der Waals surface area contributed by atoms with Crippen LogP contribution in [0.5, 0.6) is 0 Å². The Morgan fingerprint density at radius 3 is 2.60 bits per heavy atom. The van der Waals surface area contributed by atoms with Gasteiger partial charge in [0.15, 0.2) is 0 Å². The fourth-order valence-corrected chi connectivity index (χ4v) is 4.82. The van der Waals surface area contributed by atoms with Crippen LogP contribution in [0.4, 0.5) is 0 Å². The second-order valence-electron chi connectivity index (χ2n) is 9.50. The van der Waals surface area contributed by atoms with Crippen molar-refractivity contribution in [2.75, 3.05) is 26.2 Å². The van der Waals surface area contributed by atoms with Crippen LogP contribution in [0.25, 0.3) is 10.8 Å². The van der Waals surface area contributed by atoms with E-state index in [0.29, 0.717) is 38.2 Å². The maximum atomic E-state index is 13.4. The van der Waals surface area contributed by atoms with Crippen LogP contribution in [0.3, 0.4) is 0 Å². The first-order valence-electron chi connectivity index (χ1n) is 12.6. The Kier molecular flexibility index (Phi) is 8.50. The number of rotatable bonds is 9. The van der Waals surface area contributed by atoms with Crippen LogP contribution in [-0.4, -0.2) is 55.0 Å². The van der Waals surface area contributed by atoms with Crippen molar-refractivity contribution >= 4 is 22.6 Å². The minimum absolute atomic E-state index is 0.0168. The molecule has 0 bridgehead atoms. The Morgan fingerprint density at radius 1 is 1.09 bits per heavy atom. The summed E-state index contributed by atoms with van der Waals surface area (Å²) in [6, 6.07) is 23.8. The SMILES string of the molecule is C[C@H](CN1CC[C@@H](CNC(=O)c2ccc3ccccc3c2)N[C@@H](CCCN)C1=O)c1ccccc1. The third kappa shape index (κ3) is 6.47. The molecule has 184 valence electrons. The van der Waals surface area contributed by atoms with Crippen molar-refractivity contribution in [3.05, 3.63) is 83.9 Å². The number of nitrogens with one attached hydrogen (secondary N) is 2. The zero-order chi connectivity index (χ0) is 24.6. The lowest BCUT2D eigenvalue weighted by molar-refractivity contribution is -0.133. The van der Waals surface area contributed by atoms with E-state index in [1.807, 2.05) is 65.6 Å². The van der Waals surface area contributed by atoms with Crippen molar-refractivity contribution in [2.45, 2.75) is 44.2 Å². The number of nitrogens with zero attached hydrogens (tertiary/aromatic N) is 1. The van der Waals surface area contributed by atoms with Gasteiger partial charge in [0.1, 0.15) is 0 Å². The summed E-state index contributed by atoms with van der Waals surface area (Å²) in [4.78, 5) is 28.2. The lowest BCUT2D eigenvalue weighted by Crippen LogP contribution is -2.49. The van der Waals surface area contributed by atoms with E-state index in [1.165, 1.54) is 5.56 Å². The predicted octanol–water partition coefficient (Wildman–Crippen LogP) is 3.67. The minimum Gasteiger partial charge on any atom is -0.350 e. The fraction of sp³-hybridized carbons (Fsp3) is 0.379. The summed E-state index contributed by atoms with van der Waals surface area (Å²) in [6.07, 6.45) is 2.26. The number of benzene rings is 3. The van der Waals surface area contributed by atoms with E-state index in [1.54, 1.807) is 0 Å². The van der Waals surface area contributed by atoms with E-state index < -0.39 is 0 Å². The molecule has 3 atom stereocenters. The molecule has 1 aliphatic heterocycles. The molecule has 4 rings (SSSR count). The molecule has 4 N–H and O–H groups in total. The van der Waals surface area contributed by atoms with Gasteiger partial charge in [0.2, 0.25) is 5.91 Å². The molecule has 35 heavy (non-hydrogen) atoms. The van der Waals surface area contributed by atoms with Gasteiger partial charge in [-0.15, -0.1) is 0 Å². The first-order chi connectivity index (χ1) is 17.0. The number of carbonyl (C=O) groups is 2. The third-order valence-electron chi connectivity index (χ3n) is 6.87. The highest BCUT2D eigenvalue weighted by Gasteiger charge is 2.31. The smallest absolute Gasteiger partial charge is 0.251 e. The molecule has 1 heterocycles. The lowest BCUT2D eigenvalue weighted by Gasteiger charge is -2.27. The summed E-state index contributed by atoms with van der Waals surface area (Å²) in [6.45, 7) is 4.53. The quantitative estimate of drug-likeness (QED) is 0.443. The van der Waals surface area contributed by atoms with Crippen LogP contribution in [0.2, 0.25) is 0 Å². The largest absolute Gasteiger partial charge is 0.350 e. The fourth-order valence-electron chi connectivity index (χ4n) is 4.82. The van der Waals surface area contributed by atoms with Crippen molar-refractivity contribution in [2.24, 2.45) is 5.73 Å². The average Bonchev–Trinajstić information content (AvgIpc) is 3.04. The summed E-state index contributed by atoms with van der Waals surface area (Å²) >= 11 is 0. The Bertz CT molecular complexity index is 1130. The number of hydrogen-bond acceptors (Lipinski definition) is 4. The van der Waals surface area contributed by atoms with E-state index in [-0.39, 0.29) is 29.8 Å². The van der Waals surface area contributed by atoms with Crippen molar-refractivity contribution in [3.8, 4) is 0 Å². The zero-order valence-electron chi connectivity index (χ0n) is 20.5. The second-order valence-corrected chi connectivity index (χ2v) is 9.50. The molecule has 3 aromatic rings. The monoisotopic (exact) mass is 472 g/mol. The predicted molar refractivity (Wildman–Crippen MR) is 141 cm³/mol. The Morgan fingerprint density at radius 2 is 1.83 bits per heavy atom. The Balaban J connectivity index is 1.40. The zero-order valence-corrected chi connectivity index (χ0v) is 20.5. The van der Waals surface area contributed by atoms with Crippen LogP contribution >= 0.6 is 0 Å². The molecule has 0 radical (unpaired) electrons. The molecule has 1 aliphatic rings. The number of amides is 2. The van der Waals surface area contributed by atoms with Crippen molar-refractivity contribution in [1.82, 2.24) is 15.5 Å². The van der Waals surface area contributed by atoms with Crippen LogP contribution in [0, 0.1) is 0 Å². The van der Waals surface area contributed by atoms with Gasteiger partial charge >= 0.3 is 0 Å². The molecule has 2 amide bonds. The third-order valence-corrected chi connectivity index (χ3v) is 6.87. The van der Waals surface area contributed by atoms with E-state index >= 15 is 0 Å². The van der Waals surface area contributed by atoms with Gasteiger partial charge in [0, 0.05) is 31.2 Å². The molecule has 0 spiro atoms. The van der Waals surface area contributed by atoms with Crippen LogP contribution in [0.15, 0.2) is 72.8 Å². The summed E-state index contributed by atoms with van der Waals surface area (Å²) < 4.78 is 0. The van der Waals surface area contributed by atoms with Gasteiger partial charge in [0.05, 0.1) is 6.04 Å². The van der Waals surface area contributed by atoms with Crippen LogP contribution < -0.4 is 16.4 Å². The van der Waals surface area contributed by atoms with Crippen LogP contribution in [-0.2, 0) is 4.79 Å². The van der Waals surface area contributed by atoms with Gasteiger partial charge in [-0.05, 0) is 60.2 Å². The van der Waals surface area contributed by atoms with Crippen molar-refractivity contribution in [3.63, 3.8) is 0 Å². The van der Waals surface area contributed by atoms with Gasteiger partial charge in [0.25, 0.3) is 5.91 Å². The molecule has 1 fully saturated rings. The molecular formula is C29H36N4O2. The summed E-state index contributed by atoms with van der Waals surface area (Å²) in [5.41, 5.74) is 7.63. The maximum Gasteiger partial charge on any atom is 0.251 e. The average molecular weight is 473 g/mol. The minimum atomic E-state index is -0.286. The molecule has 0 saturated carbocycles. The number of nitrogens with two attached hydrogens (primary N) is 1. The Labute approximate surface area is 207 Å². The molecular weight excluding hydrogens is 436 g/mol. The highest BCUT2D eigenvalue weighted by atomic mass is 16.2. The van der Waals surface area contributed by atoms with Crippen molar-refractivity contribution < 1.29 is 9.59 Å².